The van der Waals surface area contributed by atoms with Crippen LogP contribution in [0.15, 0.2) is 48.5 Å². The molecule has 0 amide bonds. The van der Waals surface area contributed by atoms with Crippen LogP contribution < -0.4 is 0 Å². The van der Waals surface area contributed by atoms with Crippen LogP contribution in [0.2, 0.25) is 0 Å². The van der Waals surface area contributed by atoms with Gasteiger partial charge in [0.05, 0.1) is 16.3 Å². The van der Waals surface area contributed by atoms with Crippen LogP contribution >= 0.6 is 0 Å². The third kappa shape index (κ3) is 3.03. The van der Waals surface area contributed by atoms with E-state index in [-0.39, 0.29) is 5.69 Å². The number of nitrogens with zero attached hydrogens (tertiary/aromatic N) is 3. The van der Waals surface area contributed by atoms with E-state index < -0.39 is 16.6 Å². The Bertz CT molecular complexity index is 978. The second-order valence-electron chi connectivity index (χ2n) is 5.58. The molecular weight excluding hydrogens is 325 g/mol. The first-order valence-corrected chi connectivity index (χ1v) is 7.50. The summed E-state index contributed by atoms with van der Waals surface area (Å²) in [5, 5.41) is 15.2. The summed E-state index contributed by atoms with van der Waals surface area (Å²) in [5.74, 6) is -0.820. The van der Waals surface area contributed by atoms with Crippen LogP contribution in [0.4, 0.5) is 10.1 Å². The standard InChI is InChI=1S/C18H14FN3O3/c1-11-17(14-4-3-5-16(10-14)22(24)25)12(2)21(20-11)18(23)13-6-8-15(19)9-7-13/h3-10H,1-2H3. The lowest BCUT2D eigenvalue weighted by Crippen LogP contribution is -2.15. The van der Waals surface area contributed by atoms with E-state index in [1.165, 1.54) is 41.1 Å². The fourth-order valence-electron chi connectivity index (χ4n) is 2.75. The molecule has 0 spiro atoms. The number of carbonyl (C=O) groups excluding carboxylic acids is 1. The maximum absolute atomic E-state index is 13.0. The van der Waals surface area contributed by atoms with Crippen LogP contribution in [0, 0.1) is 29.8 Å². The number of rotatable bonds is 3. The minimum absolute atomic E-state index is 0.0334. The fraction of sp³-hybridized carbons (Fsp3) is 0.111. The highest BCUT2D eigenvalue weighted by Gasteiger charge is 2.20. The maximum atomic E-state index is 13.0. The fourth-order valence-corrected chi connectivity index (χ4v) is 2.75. The van der Waals surface area contributed by atoms with Crippen molar-refractivity contribution in [3.63, 3.8) is 0 Å². The number of aryl methyl sites for hydroxylation is 1. The van der Waals surface area contributed by atoms with E-state index in [2.05, 4.69) is 5.10 Å². The van der Waals surface area contributed by atoms with Crippen molar-refractivity contribution < 1.29 is 14.1 Å². The van der Waals surface area contributed by atoms with Gasteiger partial charge < -0.3 is 0 Å². The van der Waals surface area contributed by atoms with Gasteiger partial charge in [0.1, 0.15) is 5.82 Å². The minimum atomic E-state index is -0.470. The average molecular weight is 339 g/mol. The van der Waals surface area contributed by atoms with Crippen molar-refractivity contribution in [1.82, 2.24) is 9.78 Å². The van der Waals surface area contributed by atoms with Crippen LogP contribution in [-0.2, 0) is 0 Å². The molecule has 0 atom stereocenters. The van der Waals surface area contributed by atoms with Crippen molar-refractivity contribution in [2.45, 2.75) is 13.8 Å². The number of carbonyl (C=O) groups is 1. The van der Waals surface area contributed by atoms with Gasteiger partial charge in [0.25, 0.3) is 11.6 Å². The largest absolute Gasteiger partial charge is 0.278 e. The first-order chi connectivity index (χ1) is 11.9. The Morgan fingerprint density at radius 3 is 2.48 bits per heavy atom. The molecule has 1 aromatic heterocycles. The Balaban J connectivity index is 2.07. The Kier molecular flexibility index (Phi) is 4.14. The number of non-ortho nitro benzene ring substituents is 1. The van der Waals surface area contributed by atoms with Crippen LogP contribution in [0.3, 0.4) is 0 Å². The van der Waals surface area contributed by atoms with E-state index in [9.17, 15) is 19.3 Å². The molecule has 3 aromatic rings. The SMILES string of the molecule is Cc1nn(C(=O)c2ccc(F)cc2)c(C)c1-c1cccc([N+](=O)[O-])c1. The molecule has 0 bridgehead atoms. The highest BCUT2D eigenvalue weighted by Crippen LogP contribution is 2.29. The molecule has 0 fully saturated rings. The summed E-state index contributed by atoms with van der Waals surface area (Å²) in [6.07, 6.45) is 0. The molecule has 0 N–H and O–H groups in total. The monoisotopic (exact) mass is 339 g/mol. The predicted molar refractivity (Wildman–Crippen MR) is 89.9 cm³/mol. The van der Waals surface area contributed by atoms with Crippen molar-refractivity contribution >= 4 is 11.6 Å². The number of halogens is 1. The molecule has 7 heteroatoms. The van der Waals surface area contributed by atoms with Crippen LogP contribution in [0.25, 0.3) is 11.1 Å². The Labute approximate surface area is 142 Å². The summed E-state index contributed by atoms with van der Waals surface area (Å²) < 4.78 is 14.3. The lowest BCUT2D eigenvalue weighted by molar-refractivity contribution is -0.384. The van der Waals surface area contributed by atoms with Crippen LogP contribution in [0.5, 0.6) is 0 Å². The highest BCUT2D eigenvalue weighted by molar-refractivity contribution is 5.96. The summed E-state index contributed by atoms with van der Waals surface area (Å²) in [6, 6.07) is 11.4. The summed E-state index contributed by atoms with van der Waals surface area (Å²) in [6.45, 7) is 3.45. The van der Waals surface area contributed by atoms with Gasteiger partial charge in [0, 0.05) is 23.3 Å². The summed E-state index contributed by atoms with van der Waals surface area (Å²) in [5.41, 5.74) is 2.69. The van der Waals surface area contributed by atoms with Gasteiger partial charge in [-0.3, -0.25) is 14.9 Å². The van der Waals surface area contributed by atoms with Gasteiger partial charge in [-0.2, -0.15) is 5.10 Å². The Morgan fingerprint density at radius 1 is 1.16 bits per heavy atom. The summed E-state index contributed by atoms with van der Waals surface area (Å²) in [7, 11) is 0. The second-order valence-corrected chi connectivity index (χ2v) is 5.58. The van der Waals surface area contributed by atoms with E-state index in [0.717, 1.165) is 0 Å². The molecular formula is C18H14FN3O3. The molecule has 2 aromatic carbocycles. The van der Waals surface area contributed by atoms with Gasteiger partial charge in [0.15, 0.2) is 0 Å². The van der Waals surface area contributed by atoms with Crippen LogP contribution in [0.1, 0.15) is 21.7 Å². The Hall–Kier alpha value is -3.35. The third-order valence-corrected chi connectivity index (χ3v) is 3.92. The first-order valence-electron chi connectivity index (χ1n) is 7.50. The molecule has 0 saturated heterocycles. The third-order valence-electron chi connectivity index (χ3n) is 3.92. The molecule has 0 aliphatic carbocycles. The van der Waals surface area contributed by atoms with Crippen molar-refractivity contribution in [2.75, 3.05) is 0 Å². The number of nitro groups is 1. The first kappa shape index (κ1) is 16.5. The maximum Gasteiger partial charge on any atom is 0.278 e. The highest BCUT2D eigenvalue weighted by atomic mass is 19.1. The molecule has 0 aliphatic heterocycles. The van der Waals surface area contributed by atoms with Crippen molar-refractivity contribution in [3.05, 3.63) is 81.4 Å². The minimum Gasteiger partial charge on any atom is -0.267 e. The van der Waals surface area contributed by atoms with Gasteiger partial charge in [-0.1, -0.05) is 12.1 Å². The molecule has 25 heavy (non-hydrogen) atoms. The number of hydrogen-bond acceptors (Lipinski definition) is 4. The zero-order valence-electron chi connectivity index (χ0n) is 13.6. The van der Waals surface area contributed by atoms with E-state index in [4.69, 9.17) is 0 Å². The smallest absolute Gasteiger partial charge is 0.267 e. The number of hydrogen-bond donors (Lipinski definition) is 0. The lowest BCUT2D eigenvalue weighted by Gasteiger charge is -2.05. The normalized spacial score (nSPS) is 10.7. The molecule has 126 valence electrons. The molecule has 0 aliphatic rings. The van der Waals surface area contributed by atoms with Gasteiger partial charge in [-0.25, -0.2) is 9.07 Å². The molecule has 0 radical (unpaired) electrons. The van der Waals surface area contributed by atoms with Gasteiger partial charge in [-0.15, -0.1) is 0 Å². The topological polar surface area (TPSA) is 78.0 Å². The van der Waals surface area contributed by atoms with Crippen molar-refractivity contribution in [3.8, 4) is 11.1 Å². The zero-order valence-corrected chi connectivity index (χ0v) is 13.6. The second kappa shape index (κ2) is 6.27. The summed E-state index contributed by atoms with van der Waals surface area (Å²) in [4.78, 5) is 23.1. The number of aromatic nitrogens is 2. The van der Waals surface area contributed by atoms with Crippen molar-refractivity contribution in [2.24, 2.45) is 0 Å². The van der Waals surface area contributed by atoms with Gasteiger partial charge in [-0.05, 0) is 43.7 Å². The molecule has 6 nitrogen and oxygen atoms in total. The van der Waals surface area contributed by atoms with Crippen LogP contribution in [-0.4, -0.2) is 20.6 Å². The van der Waals surface area contributed by atoms with E-state index >= 15 is 0 Å². The number of nitro benzene ring substituents is 1. The van der Waals surface area contributed by atoms with E-state index in [1.54, 1.807) is 26.0 Å². The van der Waals surface area contributed by atoms with E-state index in [1.807, 2.05) is 0 Å². The van der Waals surface area contributed by atoms with Gasteiger partial charge >= 0.3 is 0 Å². The zero-order chi connectivity index (χ0) is 18.1. The molecule has 0 saturated carbocycles. The van der Waals surface area contributed by atoms with E-state index in [0.29, 0.717) is 28.1 Å². The molecule has 0 unspecified atom stereocenters. The molecule has 1 heterocycles. The Morgan fingerprint density at radius 2 is 1.84 bits per heavy atom. The summed E-state index contributed by atoms with van der Waals surface area (Å²) >= 11 is 0. The molecule has 3 rings (SSSR count). The van der Waals surface area contributed by atoms with Crippen molar-refractivity contribution in [1.29, 1.82) is 0 Å². The number of benzene rings is 2. The average Bonchev–Trinajstić information content (AvgIpc) is 2.89. The van der Waals surface area contributed by atoms with Gasteiger partial charge in [0.2, 0.25) is 0 Å². The lowest BCUT2D eigenvalue weighted by atomic mass is 10.0. The quantitative estimate of drug-likeness (QED) is 0.535. The predicted octanol–water partition coefficient (Wildman–Crippen LogP) is 3.90.